The Morgan fingerprint density at radius 3 is 2.10 bits per heavy atom. The summed E-state index contributed by atoms with van der Waals surface area (Å²) in [6.45, 7) is -1.91. The van der Waals surface area contributed by atoms with Crippen LogP contribution in [0.5, 0.6) is 0 Å². The van der Waals surface area contributed by atoms with Crippen LogP contribution in [0.4, 0.5) is 0 Å². The first-order chi connectivity index (χ1) is 5.47. The smallest absolute Gasteiger partial charge is 0.0645 e. The number of nitrogens with two attached hydrogens (primary N) is 1. The second kappa shape index (κ2) is 15.8. The summed E-state index contributed by atoms with van der Waals surface area (Å²) in [6.07, 6.45) is 0.257. The van der Waals surface area contributed by atoms with Gasteiger partial charge in [0, 0.05) is 9.35 Å². The van der Waals surface area contributed by atoms with E-state index in [1.807, 2.05) is 0 Å². The first-order valence-corrected chi connectivity index (χ1v) is 2.85. The number of rotatable bonds is 3. The summed E-state index contributed by atoms with van der Waals surface area (Å²) in [5, 5.41) is 23.6. The summed E-state index contributed by atoms with van der Waals surface area (Å²) in [4.78, 5) is 0. The predicted molar refractivity (Wildman–Crippen MR) is 38.1 cm³/mol. The number of aliphatic hydroxyl groups is 2. The van der Waals surface area contributed by atoms with E-state index in [9.17, 15) is 0 Å². The SMILES string of the molecule is N#CCCO.[2H]C([2H])(N)CCO. The maximum absolute atomic E-state index is 8.08. The largest absolute Gasteiger partial charge is 0.396 e. The van der Waals surface area contributed by atoms with Crippen LogP contribution in [0.15, 0.2) is 0 Å². The summed E-state index contributed by atoms with van der Waals surface area (Å²) in [5.74, 6) is 0. The molecule has 0 aliphatic heterocycles. The van der Waals surface area contributed by atoms with E-state index in [4.69, 9.17) is 24.0 Å². The van der Waals surface area contributed by atoms with Crippen molar-refractivity contribution in [2.24, 2.45) is 5.73 Å². The summed E-state index contributed by atoms with van der Waals surface area (Å²) in [7, 11) is 0. The number of nitriles is 1. The molecule has 0 aromatic rings. The van der Waals surface area contributed by atoms with Crippen LogP contribution in [-0.2, 0) is 0 Å². The minimum Gasteiger partial charge on any atom is -0.396 e. The van der Waals surface area contributed by atoms with Gasteiger partial charge in [0.15, 0.2) is 0 Å². The van der Waals surface area contributed by atoms with Gasteiger partial charge in [0.1, 0.15) is 0 Å². The van der Waals surface area contributed by atoms with E-state index in [2.05, 4.69) is 0 Å². The molecule has 0 aromatic heterocycles. The van der Waals surface area contributed by atoms with E-state index in [1.54, 1.807) is 6.07 Å². The van der Waals surface area contributed by atoms with Crippen LogP contribution in [0.3, 0.4) is 0 Å². The lowest BCUT2D eigenvalue weighted by molar-refractivity contribution is 0.291. The van der Waals surface area contributed by atoms with Crippen molar-refractivity contribution in [2.75, 3.05) is 19.7 Å². The van der Waals surface area contributed by atoms with Crippen molar-refractivity contribution in [3.63, 3.8) is 0 Å². The number of nitrogens with zero attached hydrogens (tertiary/aromatic N) is 1. The highest BCUT2D eigenvalue weighted by atomic mass is 16.3. The molecular weight excluding hydrogens is 132 g/mol. The standard InChI is InChI=1S/C3H9NO.C3H5NO/c2*4-2-1-3-5/h5H,1-4H2;5H,1,3H2/i2D2;. The third kappa shape index (κ3) is 26.3. The van der Waals surface area contributed by atoms with Gasteiger partial charge in [-0.15, -0.1) is 0 Å². The molecule has 0 saturated carbocycles. The Kier molecular flexibility index (Phi) is 11.8. The van der Waals surface area contributed by atoms with E-state index >= 15 is 0 Å². The molecule has 10 heavy (non-hydrogen) atoms. The summed E-state index contributed by atoms with van der Waals surface area (Å²) >= 11 is 0. The van der Waals surface area contributed by atoms with Gasteiger partial charge < -0.3 is 15.9 Å². The van der Waals surface area contributed by atoms with Crippen LogP contribution in [0.25, 0.3) is 0 Å². The predicted octanol–water partition coefficient (Wildman–Crippen LogP) is -0.780. The topological polar surface area (TPSA) is 90.3 Å². The molecular formula is C6H14N2O2. The summed E-state index contributed by atoms with van der Waals surface area (Å²) < 4.78 is 13.2. The maximum atomic E-state index is 8.08. The first kappa shape index (κ1) is 7.48. The van der Waals surface area contributed by atoms with Gasteiger partial charge in [0.25, 0.3) is 0 Å². The summed E-state index contributed by atoms with van der Waals surface area (Å²) in [6, 6.07) is 1.77. The van der Waals surface area contributed by atoms with Crippen LogP contribution in [-0.4, -0.2) is 29.9 Å². The molecule has 60 valence electrons. The average Bonchev–Trinajstić information content (AvgIpc) is 1.87. The minimum atomic E-state index is -1.70. The van der Waals surface area contributed by atoms with Crippen LogP contribution in [0.2, 0.25) is 0 Å². The van der Waals surface area contributed by atoms with E-state index in [-0.39, 0.29) is 26.1 Å². The van der Waals surface area contributed by atoms with Crippen LogP contribution in [0, 0.1) is 11.3 Å². The fraction of sp³-hybridized carbons (Fsp3) is 0.833. The molecule has 0 atom stereocenters. The Bertz CT molecular complexity index is 130. The highest BCUT2D eigenvalue weighted by Gasteiger charge is 1.69. The molecule has 4 heteroatoms. The van der Waals surface area contributed by atoms with Crippen molar-refractivity contribution in [1.29, 1.82) is 5.26 Å². The van der Waals surface area contributed by atoms with Gasteiger partial charge in [-0.1, -0.05) is 0 Å². The number of hydrogen-bond acceptors (Lipinski definition) is 4. The molecule has 0 spiro atoms. The van der Waals surface area contributed by atoms with Crippen LogP contribution in [0.1, 0.15) is 15.6 Å². The zero-order valence-corrected chi connectivity index (χ0v) is 5.75. The Labute approximate surface area is 63.7 Å². The maximum Gasteiger partial charge on any atom is 0.0645 e. The van der Waals surface area contributed by atoms with Gasteiger partial charge >= 0.3 is 0 Å². The number of aliphatic hydroxyl groups excluding tert-OH is 2. The molecule has 4 nitrogen and oxygen atoms in total. The van der Waals surface area contributed by atoms with Crippen LogP contribution < -0.4 is 5.73 Å². The highest BCUT2D eigenvalue weighted by molar-refractivity contribution is 4.65. The van der Waals surface area contributed by atoms with Crippen molar-refractivity contribution < 1.29 is 13.0 Å². The van der Waals surface area contributed by atoms with Crippen molar-refractivity contribution >= 4 is 0 Å². The van der Waals surface area contributed by atoms with Crippen molar-refractivity contribution in [3.8, 4) is 6.07 Å². The second-order valence-electron chi connectivity index (χ2n) is 1.31. The average molecular weight is 148 g/mol. The van der Waals surface area contributed by atoms with E-state index in [0.717, 1.165) is 0 Å². The molecule has 0 heterocycles. The van der Waals surface area contributed by atoms with Gasteiger partial charge in [-0.2, -0.15) is 5.26 Å². The van der Waals surface area contributed by atoms with E-state index in [0.29, 0.717) is 0 Å². The zero-order valence-electron chi connectivity index (χ0n) is 7.75. The van der Waals surface area contributed by atoms with Crippen molar-refractivity contribution in [1.82, 2.24) is 0 Å². The van der Waals surface area contributed by atoms with Crippen molar-refractivity contribution in [2.45, 2.75) is 12.8 Å². The highest BCUT2D eigenvalue weighted by Crippen LogP contribution is 1.62. The molecule has 0 aliphatic carbocycles. The Hall–Kier alpha value is -0.630. The van der Waals surface area contributed by atoms with E-state index < -0.39 is 6.50 Å². The lowest BCUT2D eigenvalue weighted by atomic mass is 10.5. The summed E-state index contributed by atoms with van der Waals surface area (Å²) in [5.41, 5.74) is 4.82. The van der Waals surface area contributed by atoms with Gasteiger partial charge in [-0.3, -0.25) is 0 Å². The Morgan fingerprint density at radius 2 is 2.10 bits per heavy atom. The lowest BCUT2D eigenvalue weighted by Gasteiger charge is -1.80. The number of hydrogen-bond donors (Lipinski definition) is 3. The molecule has 4 N–H and O–H groups in total. The van der Waals surface area contributed by atoms with E-state index in [1.165, 1.54) is 0 Å². The molecule has 0 amide bonds. The molecule has 0 bridgehead atoms. The van der Waals surface area contributed by atoms with Gasteiger partial charge in [0.05, 0.1) is 19.1 Å². The Balaban J connectivity index is 0. The molecule has 0 saturated heterocycles. The van der Waals surface area contributed by atoms with Crippen molar-refractivity contribution in [3.05, 3.63) is 0 Å². The first-order valence-electron chi connectivity index (χ1n) is 3.85. The second-order valence-corrected chi connectivity index (χ2v) is 1.31. The molecule has 0 radical (unpaired) electrons. The van der Waals surface area contributed by atoms with Gasteiger partial charge in [-0.25, -0.2) is 0 Å². The van der Waals surface area contributed by atoms with Gasteiger partial charge in [0.2, 0.25) is 0 Å². The quantitative estimate of drug-likeness (QED) is 0.489. The normalized spacial score (nSPS) is 11.8. The fourth-order valence-electron chi connectivity index (χ4n) is 0.115. The minimum absolute atomic E-state index is 0.00694. The fourth-order valence-corrected chi connectivity index (χ4v) is 0.115. The van der Waals surface area contributed by atoms with Gasteiger partial charge in [-0.05, 0) is 12.9 Å². The molecule has 0 aliphatic rings. The third-order valence-corrected chi connectivity index (χ3v) is 0.480. The third-order valence-electron chi connectivity index (χ3n) is 0.480. The molecule has 0 rings (SSSR count). The molecule has 0 aromatic carbocycles. The Morgan fingerprint density at radius 1 is 1.50 bits per heavy atom. The zero-order chi connectivity index (χ0) is 10.0. The molecule has 0 unspecified atom stereocenters. The monoisotopic (exact) mass is 148 g/mol. The van der Waals surface area contributed by atoms with Crippen LogP contribution >= 0.6 is 0 Å². The molecule has 0 fully saturated rings. The lowest BCUT2D eigenvalue weighted by Crippen LogP contribution is -1.99.